The fourth-order valence-electron chi connectivity index (χ4n) is 3.71. The molecule has 40 heavy (non-hydrogen) atoms. The molecule has 0 saturated heterocycles. The fraction of sp³-hybridized carbons (Fsp3) is 0.179. The van der Waals surface area contributed by atoms with Crippen molar-refractivity contribution in [2.24, 2.45) is 5.92 Å². The Kier molecular flexibility index (Phi) is 8.34. The van der Waals surface area contributed by atoms with Crippen LogP contribution in [0.4, 0.5) is 24.5 Å². The van der Waals surface area contributed by atoms with E-state index in [1.165, 1.54) is 12.1 Å². The van der Waals surface area contributed by atoms with Crippen LogP contribution in [0.1, 0.15) is 40.3 Å². The third kappa shape index (κ3) is 7.32. The van der Waals surface area contributed by atoms with E-state index >= 15 is 0 Å². The summed E-state index contributed by atoms with van der Waals surface area (Å²) in [5.41, 5.74) is 2.43. The standard InChI is InChI=1S/C28H24ClF3N4O4/c1-15(2)25(37)33-14-16-3-10-22(29)21(11-16)26(38)35-19-5-4-17-12-24(36-23(17)13-19)27(39)34-18-6-8-20(9-7-18)40-28(30,31)32/h3-13,15,36H,14H2,1-2H3,(H,33,37)(H,34,39)(H,35,38). The first kappa shape index (κ1) is 28.5. The van der Waals surface area contributed by atoms with Crippen LogP contribution < -0.4 is 20.7 Å². The van der Waals surface area contributed by atoms with Crippen molar-refractivity contribution < 1.29 is 32.3 Å². The molecule has 0 unspecified atom stereocenters. The largest absolute Gasteiger partial charge is 0.573 e. The number of hydrogen-bond acceptors (Lipinski definition) is 4. The summed E-state index contributed by atoms with van der Waals surface area (Å²) in [5.74, 6) is -1.65. The number of halogens is 4. The van der Waals surface area contributed by atoms with Crippen LogP contribution in [0, 0.1) is 5.92 Å². The summed E-state index contributed by atoms with van der Waals surface area (Å²) < 4.78 is 40.8. The van der Waals surface area contributed by atoms with Crippen LogP contribution in [0.25, 0.3) is 10.9 Å². The highest BCUT2D eigenvalue weighted by molar-refractivity contribution is 6.34. The molecule has 0 fully saturated rings. The fourth-order valence-corrected chi connectivity index (χ4v) is 3.92. The van der Waals surface area contributed by atoms with Gasteiger partial charge in [0, 0.05) is 34.7 Å². The Morgan fingerprint density at radius 3 is 2.25 bits per heavy atom. The summed E-state index contributed by atoms with van der Waals surface area (Å²) in [7, 11) is 0. The van der Waals surface area contributed by atoms with Gasteiger partial charge in [-0.25, -0.2) is 0 Å². The van der Waals surface area contributed by atoms with Crippen molar-refractivity contribution in [2.75, 3.05) is 10.6 Å². The normalized spacial score (nSPS) is 11.4. The number of H-pyrrole nitrogens is 1. The topological polar surface area (TPSA) is 112 Å². The summed E-state index contributed by atoms with van der Waals surface area (Å²) in [6, 6.07) is 16.3. The van der Waals surface area contributed by atoms with Crippen molar-refractivity contribution in [1.29, 1.82) is 0 Å². The number of anilines is 2. The number of aromatic amines is 1. The van der Waals surface area contributed by atoms with Crippen LogP contribution in [0.3, 0.4) is 0 Å². The van der Waals surface area contributed by atoms with Gasteiger partial charge in [0.1, 0.15) is 11.4 Å². The molecule has 0 aliphatic rings. The molecule has 0 aliphatic carbocycles. The summed E-state index contributed by atoms with van der Waals surface area (Å²) in [6.45, 7) is 3.82. The number of nitrogens with one attached hydrogen (secondary N) is 4. The van der Waals surface area contributed by atoms with Gasteiger partial charge in [-0.3, -0.25) is 14.4 Å². The predicted molar refractivity (Wildman–Crippen MR) is 145 cm³/mol. The zero-order chi connectivity index (χ0) is 29.0. The molecule has 0 aliphatic heterocycles. The van der Waals surface area contributed by atoms with Gasteiger partial charge in [-0.2, -0.15) is 0 Å². The maximum absolute atomic E-state index is 13.0. The Morgan fingerprint density at radius 1 is 0.900 bits per heavy atom. The van der Waals surface area contributed by atoms with Crippen LogP contribution in [-0.2, 0) is 11.3 Å². The highest BCUT2D eigenvalue weighted by atomic mass is 35.5. The van der Waals surface area contributed by atoms with E-state index in [4.69, 9.17) is 11.6 Å². The lowest BCUT2D eigenvalue weighted by atomic mass is 10.1. The van der Waals surface area contributed by atoms with Gasteiger partial charge in [-0.1, -0.05) is 37.6 Å². The van der Waals surface area contributed by atoms with Gasteiger partial charge in [-0.15, -0.1) is 13.2 Å². The SMILES string of the molecule is CC(C)C(=O)NCc1ccc(Cl)c(C(=O)Nc2ccc3cc(C(=O)Nc4ccc(OC(F)(F)F)cc4)[nH]c3c2)c1. The van der Waals surface area contributed by atoms with Crippen molar-refractivity contribution in [3.05, 3.63) is 88.6 Å². The van der Waals surface area contributed by atoms with E-state index in [0.717, 1.165) is 12.1 Å². The number of carbonyl (C=O) groups is 3. The number of carbonyl (C=O) groups excluding carboxylic acids is 3. The zero-order valence-electron chi connectivity index (χ0n) is 21.3. The van der Waals surface area contributed by atoms with Crippen LogP contribution in [-0.4, -0.2) is 29.1 Å². The second-order valence-corrected chi connectivity index (χ2v) is 9.56. The molecule has 4 aromatic rings. The Balaban J connectivity index is 1.43. The van der Waals surface area contributed by atoms with Crippen molar-refractivity contribution in [3.8, 4) is 5.75 Å². The second-order valence-electron chi connectivity index (χ2n) is 9.15. The van der Waals surface area contributed by atoms with Gasteiger partial charge in [0.25, 0.3) is 11.8 Å². The number of ether oxygens (including phenoxy) is 1. The van der Waals surface area contributed by atoms with E-state index in [1.54, 1.807) is 56.3 Å². The Bertz CT molecular complexity index is 1570. The van der Waals surface area contributed by atoms with Crippen molar-refractivity contribution in [1.82, 2.24) is 10.3 Å². The van der Waals surface area contributed by atoms with E-state index in [1.807, 2.05) is 0 Å². The first-order valence-electron chi connectivity index (χ1n) is 12.1. The molecule has 1 heterocycles. The summed E-state index contributed by atoms with van der Waals surface area (Å²) >= 11 is 6.25. The quantitative estimate of drug-likeness (QED) is 0.193. The van der Waals surface area contributed by atoms with Crippen LogP contribution in [0.15, 0.2) is 66.7 Å². The molecule has 0 bridgehead atoms. The molecule has 4 rings (SSSR count). The predicted octanol–water partition coefficient (Wildman–Crippen LogP) is 6.50. The van der Waals surface area contributed by atoms with Gasteiger partial charge in [0.2, 0.25) is 5.91 Å². The Labute approximate surface area is 231 Å². The highest BCUT2D eigenvalue weighted by Gasteiger charge is 2.31. The number of rotatable bonds is 8. The Hall–Kier alpha value is -4.51. The van der Waals surface area contributed by atoms with Crippen LogP contribution in [0.2, 0.25) is 5.02 Å². The van der Waals surface area contributed by atoms with E-state index in [9.17, 15) is 27.6 Å². The number of aromatic nitrogens is 1. The second kappa shape index (κ2) is 11.7. The molecule has 1 aromatic heterocycles. The number of benzene rings is 3. The molecule has 0 atom stereocenters. The number of alkyl halides is 3. The average molecular weight is 573 g/mol. The molecule has 3 aromatic carbocycles. The minimum Gasteiger partial charge on any atom is -0.406 e. The van der Waals surface area contributed by atoms with Crippen LogP contribution in [0.5, 0.6) is 5.75 Å². The van der Waals surface area contributed by atoms with E-state index < -0.39 is 23.9 Å². The molecule has 0 radical (unpaired) electrons. The summed E-state index contributed by atoms with van der Waals surface area (Å²) in [4.78, 5) is 40.5. The van der Waals surface area contributed by atoms with Crippen molar-refractivity contribution in [3.63, 3.8) is 0 Å². The minimum atomic E-state index is -4.81. The molecule has 8 nitrogen and oxygen atoms in total. The van der Waals surface area contributed by atoms with Crippen LogP contribution >= 0.6 is 11.6 Å². The first-order valence-corrected chi connectivity index (χ1v) is 12.4. The molecule has 0 spiro atoms. The lowest BCUT2D eigenvalue weighted by Crippen LogP contribution is -2.27. The van der Waals surface area contributed by atoms with Gasteiger partial charge >= 0.3 is 6.36 Å². The molecule has 0 saturated carbocycles. The lowest BCUT2D eigenvalue weighted by molar-refractivity contribution is -0.274. The summed E-state index contributed by atoms with van der Waals surface area (Å²) in [5, 5.41) is 9.10. The number of hydrogen-bond donors (Lipinski definition) is 4. The molecule has 12 heteroatoms. The number of fused-ring (bicyclic) bond motifs is 1. The third-order valence-corrected chi connectivity index (χ3v) is 6.07. The molecule has 208 valence electrons. The van der Waals surface area contributed by atoms with E-state index in [2.05, 4.69) is 25.7 Å². The van der Waals surface area contributed by atoms with E-state index in [0.29, 0.717) is 22.2 Å². The minimum absolute atomic E-state index is 0.110. The average Bonchev–Trinajstić information content (AvgIpc) is 3.32. The van der Waals surface area contributed by atoms with Gasteiger partial charge in [0.15, 0.2) is 0 Å². The highest BCUT2D eigenvalue weighted by Crippen LogP contribution is 2.26. The zero-order valence-corrected chi connectivity index (χ0v) is 22.0. The monoisotopic (exact) mass is 572 g/mol. The summed E-state index contributed by atoms with van der Waals surface area (Å²) in [6.07, 6.45) is -4.81. The maximum atomic E-state index is 13.0. The van der Waals surface area contributed by atoms with Gasteiger partial charge < -0.3 is 25.7 Å². The molecule has 4 N–H and O–H groups in total. The Morgan fingerprint density at radius 2 is 1.57 bits per heavy atom. The molecular formula is C28H24ClF3N4O4. The number of amides is 3. The van der Waals surface area contributed by atoms with Crippen molar-refractivity contribution >= 4 is 51.6 Å². The smallest absolute Gasteiger partial charge is 0.406 e. The molecular weight excluding hydrogens is 549 g/mol. The van der Waals surface area contributed by atoms with Crippen molar-refractivity contribution in [2.45, 2.75) is 26.8 Å². The third-order valence-electron chi connectivity index (χ3n) is 5.74. The maximum Gasteiger partial charge on any atom is 0.573 e. The van der Waals surface area contributed by atoms with E-state index in [-0.39, 0.29) is 40.3 Å². The lowest BCUT2D eigenvalue weighted by Gasteiger charge is -2.11. The van der Waals surface area contributed by atoms with Gasteiger partial charge in [-0.05, 0) is 60.2 Å². The first-order chi connectivity index (χ1) is 18.9. The molecule has 3 amide bonds. The van der Waals surface area contributed by atoms with Gasteiger partial charge in [0.05, 0.1) is 10.6 Å².